The molecule has 3 N–H and O–H groups in total. The van der Waals surface area contributed by atoms with Crippen LogP contribution in [0, 0.1) is 0 Å². The molecule has 0 saturated carbocycles. The maximum absolute atomic E-state index is 9.15. The highest BCUT2D eigenvalue weighted by atomic mass is 35.5. The Balaban J connectivity index is 2.34. The minimum atomic E-state index is -0.301. The average molecular weight is 228 g/mol. The Morgan fingerprint density at radius 3 is 2.73 bits per heavy atom. The average Bonchev–Trinajstić information content (AvgIpc) is 2.16. The van der Waals surface area contributed by atoms with Gasteiger partial charge in [0.25, 0.3) is 0 Å². The summed E-state index contributed by atoms with van der Waals surface area (Å²) in [6, 6.07) is 7.28. The summed E-state index contributed by atoms with van der Waals surface area (Å²) in [6.45, 7) is 1.06. The molecule has 1 aromatic carbocycles. The normalized spacial score (nSPS) is 20.7. The smallest absolute Gasteiger partial charge is 0.0601 e. The Bertz CT molecular complexity index is 352. The van der Waals surface area contributed by atoms with E-state index in [9.17, 15) is 0 Å². The number of hydrogen-bond donors (Lipinski definition) is 2. The Hall–Kier alpha value is -0.610. The molecule has 0 spiro atoms. The molecule has 1 aliphatic rings. The molecule has 82 valence electrons. The first kappa shape index (κ1) is 10.9. The van der Waals surface area contributed by atoms with Gasteiger partial charge in [-0.3, -0.25) is 0 Å². The molecule has 0 aromatic heterocycles. The molecule has 1 aliphatic heterocycles. The molecule has 1 heterocycles. The Labute approximate surface area is 93.8 Å². The van der Waals surface area contributed by atoms with Crippen LogP contribution in [0.25, 0.3) is 0 Å². The van der Waals surface area contributed by atoms with Crippen LogP contribution in [0.3, 0.4) is 0 Å². The highest BCUT2D eigenvalue weighted by Crippen LogP contribution is 2.35. The van der Waals surface area contributed by atoms with E-state index in [-0.39, 0.29) is 18.1 Å². The molecule has 0 bridgehead atoms. The molecule has 1 unspecified atom stereocenters. The van der Waals surface area contributed by atoms with Crippen LogP contribution in [0.5, 0.6) is 0 Å². The van der Waals surface area contributed by atoms with Crippen molar-refractivity contribution < 1.29 is 9.84 Å². The van der Waals surface area contributed by atoms with Gasteiger partial charge in [-0.2, -0.15) is 0 Å². The zero-order valence-electron chi connectivity index (χ0n) is 8.32. The summed E-state index contributed by atoms with van der Waals surface area (Å²) in [5.74, 6) is 0. The Morgan fingerprint density at radius 2 is 2.27 bits per heavy atom. The summed E-state index contributed by atoms with van der Waals surface area (Å²) < 4.78 is 5.22. The fourth-order valence-corrected chi connectivity index (χ4v) is 2.08. The molecule has 0 amide bonds. The minimum Gasteiger partial charge on any atom is -0.395 e. The number of nitrogens with two attached hydrogens (primary N) is 1. The van der Waals surface area contributed by atoms with Crippen LogP contribution in [0.2, 0.25) is 5.02 Å². The van der Waals surface area contributed by atoms with Gasteiger partial charge in [-0.1, -0.05) is 23.7 Å². The summed E-state index contributed by atoms with van der Waals surface area (Å²) in [7, 11) is 0. The van der Waals surface area contributed by atoms with Crippen molar-refractivity contribution in [2.75, 3.05) is 19.8 Å². The van der Waals surface area contributed by atoms with E-state index in [1.54, 1.807) is 0 Å². The lowest BCUT2D eigenvalue weighted by Gasteiger charge is -2.45. The maximum atomic E-state index is 9.15. The van der Waals surface area contributed by atoms with E-state index in [0.717, 1.165) is 5.56 Å². The first-order chi connectivity index (χ1) is 7.19. The highest BCUT2D eigenvalue weighted by Gasteiger charge is 2.45. The first-order valence-corrected chi connectivity index (χ1v) is 5.27. The quantitative estimate of drug-likeness (QED) is 0.808. The maximum Gasteiger partial charge on any atom is 0.0601 e. The number of aliphatic hydroxyl groups excluding tert-OH is 1. The number of halogens is 1. The molecule has 1 aromatic rings. The number of ether oxygens (including phenoxy) is 1. The van der Waals surface area contributed by atoms with Crippen molar-refractivity contribution in [3.63, 3.8) is 0 Å². The second-order valence-electron chi connectivity index (χ2n) is 3.95. The zero-order chi connectivity index (χ0) is 10.9. The summed E-state index contributed by atoms with van der Waals surface area (Å²) in [5, 5.41) is 9.84. The van der Waals surface area contributed by atoms with Crippen LogP contribution < -0.4 is 5.73 Å². The monoisotopic (exact) mass is 227 g/mol. The number of benzene rings is 1. The molecule has 0 radical (unpaired) electrons. The van der Waals surface area contributed by atoms with E-state index in [2.05, 4.69) is 0 Å². The van der Waals surface area contributed by atoms with Crippen LogP contribution in [-0.2, 0) is 10.2 Å². The lowest BCUT2D eigenvalue weighted by molar-refractivity contribution is -0.0798. The molecule has 3 nitrogen and oxygen atoms in total. The van der Waals surface area contributed by atoms with Crippen LogP contribution in [0.1, 0.15) is 5.56 Å². The van der Waals surface area contributed by atoms with Crippen molar-refractivity contribution in [1.29, 1.82) is 0 Å². The van der Waals surface area contributed by atoms with E-state index in [1.165, 1.54) is 0 Å². The van der Waals surface area contributed by atoms with Crippen molar-refractivity contribution in [3.05, 3.63) is 34.9 Å². The van der Waals surface area contributed by atoms with E-state index >= 15 is 0 Å². The molecule has 1 saturated heterocycles. The fourth-order valence-electron chi connectivity index (χ4n) is 1.89. The largest absolute Gasteiger partial charge is 0.395 e. The van der Waals surface area contributed by atoms with Gasteiger partial charge in [0, 0.05) is 11.1 Å². The van der Waals surface area contributed by atoms with Crippen LogP contribution in [0.4, 0.5) is 0 Å². The van der Waals surface area contributed by atoms with Crippen molar-refractivity contribution in [1.82, 2.24) is 0 Å². The van der Waals surface area contributed by atoms with E-state index in [1.807, 2.05) is 24.3 Å². The van der Waals surface area contributed by atoms with Gasteiger partial charge < -0.3 is 15.6 Å². The van der Waals surface area contributed by atoms with Crippen molar-refractivity contribution in [2.24, 2.45) is 5.73 Å². The molecule has 2 rings (SSSR count). The lowest BCUT2D eigenvalue weighted by Crippen LogP contribution is -2.60. The first-order valence-electron chi connectivity index (χ1n) is 4.89. The van der Waals surface area contributed by atoms with E-state index < -0.39 is 0 Å². The SMILES string of the molecule is NC(CO)C1(c2cccc(Cl)c2)COC1. The summed E-state index contributed by atoms with van der Waals surface area (Å²) >= 11 is 5.94. The molecular formula is C11H14ClNO2. The van der Waals surface area contributed by atoms with E-state index in [4.69, 9.17) is 27.2 Å². The third-order valence-electron chi connectivity index (χ3n) is 3.03. The number of rotatable bonds is 3. The predicted octanol–water partition coefficient (Wildman–Crippen LogP) is 0.928. The zero-order valence-corrected chi connectivity index (χ0v) is 9.07. The summed E-state index contributed by atoms with van der Waals surface area (Å²) in [6.07, 6.45) is 0. The number of hydrogen-bond acceptors (Lipinski definition) is 3. The van der Waals surface area contributed by atoms with Gasteiger partial charge in [-0.05, 0) is 17.7 Å². The van der Waals surface area contributed by atoms with Gasteiger partial charge >= 0.3 is 0 Å². The van der Waals surface area contributed by atoms with Gasteiger partial charge in [-0.15, -0.1) is 0 Å². The Kier molecular flexibility index (Phi) is 2.98. The van der Waals surface area contributed by atoms with Crippen molar-refractivity contribution >= 4 is 11.6 Å². The molecule has 1 atom stereocenters. The van der Waals surface area contributed by atoms with Gasteiger partial charge in [-0.25, -0.2) is 0 Å². The fraction of sp³-hybridized carbons (Fsp3) is 0.455. The van der Waals surface area contributed by atoms with Crippen LogP contribution >= 0.6 is 11.6 Å². The molecule has 1 fully saturated rings. The van der Waals surface area contributed by atoms with Crippen molar-refractivity contribution in [2.45, 2.75) is 11.5 Å². The standard InChI is InChI=1S/C11H14ClNO2/c12-9-3-1-2-8(4-9)11(6-15-7-11)10(13)5-14/h1-4,10,14H,5-7,13H2. The second kappa shape index (κ2) is 4.10. The third kappa shape index (κ3) is 1.76. The summed E-state index contributed by atoms with van der Waals surface area (Å²) in [5.41, 5.74) is 6.70. The Morgan fingerprint density at radius 1 is 1.53 bits per heavy atom. The van der Waals surface area contributed by atoms with Gasteiger partial charge in [0.2, 0.25) is 0 Å². The molecular weight excluding hydrogens is 214 g/mol. The second-order valence-corrected chi connectivity index (χ2v) is 4.38. The molecule has 15 heavy (non-hydrogen) atoms. The summed E-state index contributed by atoms with van der Waals surface area (Å²) in [4.78, 5) is 0. The lowest BCUT2D eigenvalue weighted by atomic mass is 9.73. The number of aliphatic hydroxyl groups is 1. The molecule has 4 heteroatoms. The highest BCUT2D eigenvalue weighted by molar-refractivity contribution is 6.30. The van der Waals surface area contributed by atoms with Crippen LogP contribution in [-0.4, -0.2) is 31.0 Å². The van der Waals surface area contributed by atoms with Crippen LogP contribution in [0.15, 0.2) is 24.3 Å². The molecule has 0 aliphatic carbocycles. The van der Waals surface area contributed by atoms with E-state index in [0.29, 0.717) is 18.2 Å². The predicted molar refractivity (Wildman–Crippen MR) is 59.0 cm³/mol. The topological polar surface area (TPSA) is 55.5 Å². The van der Waals surface area contributed by atoms with Crippen molar-refractivity contribution in [3.8, 4) is 0 Å². The minimum absolute atomic E-state index is 0.0458. The van der Waals surface area contributed by atoms with Gasteiger partial charge in [0.1, 0.15) is 0 Å². The third-order valence-corrected chi connectivity index (χ3v) is 3.26. The van der Waals surface area contributed by atoms with Gasteiger partial charge in [0.15, 0.2) is 0 Å². The van der Waals surface area contributed by atoms with Gasteiger partial charge in [0.05, 0.1) is 25.2 Å².